The summed E-state index contributed by atoms with van der Waals surface area (Å²) in [5.74, 6) is 2.12. The molecule has 0 spiro atoms. The Morgan fingerprint density at radius 3 is 2.00 bits per heavy atom. The lowest BCUT2D eigenvalue weighted by Gasteiger charge is -2.14. The Hall–Kier alpha value is 0. The van der Waals surface area contributed by atoms with Gasteiger partial charge in [0.25, 0.3) is 0 Å². The zero-order valence-corrected chi connectivity index (χ0v) is 11.6. The second-order valence-electron chi connectivity index (χ2n) is 5.93. The lowest BCUT2D eigenvalue weighted by molar-refractivity contribution is 0.373. The average molecular weight is 224 g/mol. The molecule has 0 radical (unpaired) electrons. The Bertz CT molecular complexity index is 150. The van der Waals surface area contributed by atoms with E-state index in [9.17, 15) is 0 Å². The summed E-state index contributed by atoms with van der Waals surface area (Å²) in [6, 6.07) is 0. The third-order valence-electron chi connectivity index (χ3n) is 4.47. The van der Waals surface area contributed by atoms with Gasteiger partial charge >= 0.3 is 0 Å². The molecule has 0 nitrogen and oxygen atoms in total. The van der Waals surface area contributed by atoms with Gasteiger partial charge in [-0.2, -0.15) is 0 Å². The number of hydrogen-bond acceptors (Lipinski definition) is 0. The van der Waals surface area contributed by atoms with E-state index >= 15 is 0 Å². The molecule has 1 aliphatic carbocycles. The Morgan fingerprint density at radius 1 is 0.812 bits per heavy atom. The molecule has 0 aromatic carbocycles. The maximum atomic E-state index is 2.46. The average Bonchev–Trinajstić information content (AvgIpc) is 2.68. The third-order valence-corrected chi connectivity index (χ3v) is 4.47. The van der Waals surface area contributed by atoms with Crippen LogP contribution in [0.25, 0.3) is 0 Å². The van der Waals surface area contributed by atoms with Gasteiger partial charge in [-0.05, 0) is 11.8 Å². The minimum Gasteiger partial charge on any atom is -0.0654 e. The smallest absolute Gasteiger partial charge is 0.0388 e. The summed E-state index contributed by atoms with van der Waals surface area (Å²) in [6.45, 7) is 4.76. The van der Waals surface area contributed by atoms with E-state index in [-0.39, 0.29) is 0 Å². The molecule has 0 saturated heterocycles. The minimum absolute atomic E-state index is 1.03. The van der Waals surface area contributed by atoms with Gasteiger partial charge in [0.15, 0.2) is 0 Å². The molecule has 0 bridgehead atoms. The van der Waals surface area contributed by atoms with Crippen molar-refractivity contribution >= 4 is 0 Å². The van der Waals surface area contributed by atoms with Crippen LogP contribution in [0, 0.1) is 11.8 Å². The maximum Gasteiger partial charge on any atom is -0.0388 e. The maximum absolute atomic E-state index is 2.46. The highest BCUT2D eigenvalue weighted by Crippen LogP contribution is 2.34. The van der Waals surface area contributed by atoms with Gasteiger partial charge in [0.05, 0.1) is 0 Å². The minimum atomic E-state index is 1.03. The van der Waals surface area contributed by atoms with Crippen LogP contribution in [0.5, 0.6) is 0 Å². The van der Waals surface area contributed by atoms with Gasteiger partial charge in [0.2, 0.25) is 0 Å². The molecule has 2 atom stereocenters. The molecule has 0 aliphatic heterocycles. The van der Waals surface area contributed by atoms with Crippen LogP contribution in [0.1, 0.15) is 90.9 Å². The van der Waals surface area contributed by atoms with Gasteiger partial charge in [-0.15, -0.1) is 0 Å². The molecule has 1 rings (SSSR count). The molecule has 0 heteroatoms. The molecule has 1 saturated carbocycles. The van der Waals surface area contributed by atoms with Crippen LogP contribution < -0.4 is 0 Å². The van der Waals surface area contributed by atoms with Gasteiger partial charge in [-0.1, -0.05) is 90.9 Å². The summed E-state index contributed by atoms with van der Waals surface area (Å²) in [6.07, 6.45) is 17.8. The van der Waals surface area contributed by atoms with Crippen LogP contribution in [0.2, 0.25) is 0 Å². The van der Waals surface area contributed by atoms with E-state index in [2.05, 4.69) is 13.8 Å². The monoisotopic (exact) mass is 224 g/mol. The highest BCUT2D eigenvalue weighted by Gasteiger charge is 2.22. The van der Waals surface area contributed by atoms with Crippen LogP contribution in [0.4, 0.5) is 0 Å². The SMILES string of the molecule is CCCCCCCCCCC1CCC[C@@H]1C. The van der Waals surface area contributed by atoms with Gasteiger partial charge in [0, 0.05) is 0 Å². The summed E-state index contributed by atoms with van der Waals surface area (Å²) < 4.78 is 0. The Labute approximate surface area is 103 Å². The van der Waals surface area contributed by atoms with E-state index in [1.807, 2.05) is 0 Å². The quantitative estimate of drug-likeness (QED) is 0.424. The fourth-order valence-electron chi connectivity index (χ4n) is 3.19. The Balaban J connectivity index is 1.81. The normalized spacial score (nSPS) is 25.1. The first kappa shape index (κ1) is 14.1. The summed E-state index contributed by atoms with van der Waals surface area (Å²) >= 11 is 0. The van der Waals surface area contributed by atoms with E-state index in [1.54, 1.807) is 0 Å². The summed E-state index contributed by atoms with van der Waals surface area (Å²) in [5, 5.41) is 0. The molecule has 0 amide bonds. The number of rotatable bonds is 9. The molecule has 1 unspecified atom stereocenters. The van der Waals surface area contributed by atoms with Crippen LogP contribution in [-0.4, -0.2) is 0 Å². The largest absolute Gasteiger partial charge is 0.0654 e. The van der Waals surface area contributed by atoms with Crippen molar-refractivity contribution in [2.24, 2.45) is 11.8 Å². The number of unbranched alkanes of at least 4 members (excludes halogenated alkanes) is 7. The van der Waals surface area contributed by atoms with E-state index in [0.29, 0.717) is 0 Å². The lowest BCUT2D eigenvalue weighted by atomic mass is 9.92. The van der Waals surface area contributed by atoms with Gasteiger partial charge < -0.3 is 0 Å². The van der Waals surface area contributed by atoms with Crippen molar-refractivity contribution in [1.82, 2.24) is 0 Å². The van der Waals surface area contributed by atoms with Crippen molar-refractivity contribution in [3.8, 4) is 0 Å². The molecule has 0 aromatic rings. The van der Waals surface area contributed by atoms with Gasteiger partial charge in [0.1, 0.15) is 0 Å². The zero-order chi connectivity index (χ0) is 11.6. The first-order valence-corrected chi connectivity index (χ1v) is 7.84. The molecular formula is C16H32. The fraction of sp³-hybridized carbons (Fsp3) is 1.00. The third kappa shape index (κ3) is 5.92. The highest BCUT2D eigenvalue weighted by molar-refractivity contribution is 4.73. The topological polar surface area (TPSA) is 0 Å². The van der Waals surface area contributed by atoms with E-state index in [4.69, 9.17) is 0 Å². The molecule has 0 N–H and O–H groups in total. The van der Waals surface area contributed by atoms with Gasteiger partial charge in [-0.25, -0.2) is 0 Å². The molecule has 1 fully saturated rings. The fourth-order valence-corrected chi connectivity index (χ4v) is 3.19. The van der Waals surface area contributed by atoms with Crippen molar-refractivity contribution in [1.29, 1.82) is 0 Å². The van der Waals surface area contributed by atoms with E-state index in [1.165, 1.54) is 77.0 Å². The van der Waals surface area contributed by atoms with E-state index in [0.717, 1.165) is 11.8 Å². The van der Waals surface area contributed by atoms with Crippen LogP contribution in [0.3, 0.4) is 0 Å². The second-order valence-corrected chi connectivity index (χ2v) is 5.93. The van der Waals surface area contributed by atoms with Crippen LogP contribution >= 0.6 is 0 Å². The Kier molecular flexibility index (Phi) is 7.98. The van der Waals surface area contributed by atoms with Crippen molar-refractivity contribution in [3.63, 3.8) is 0 Å². The van der Waals surface area contributed by atoms with Crippen molar-refractivity contribution in [2.75, 3.05) is 0 Å². The molecule has 96 valence electrons. The Morgan fingerprint density at radius 2 is 1.44 bits per heavy atom. The summed E-state index contributed by atoms with van der Waals surface area (Å²) in [5.41, 5.74) is 0. The second kappa shape index (κ2) is 9.07. The molecule has 0 heterocycles. The van der Waals surface area contributed by atoms with Crippen molar-refractivity contribution < 1.29 is 0 Å². The standard InChI is InChI=1S/C16H32/c1-3-4-5-6-7-8-9-10-13-16-14-11-12-15(16)2/h15-16H,3-14H2,1-2H3/t15-,16?/m0/s1. The van der Waals surface area contributed by atoms with Crippen LogP contribution in [-0.2, 0) is 0 Å². The molecule has 1 aliphatic rings. The predicted octanol–water partition coefficient (Wildman–Crippen LogP) is 5.95. The summed E-state index contributed by atoms with van der Waals surface area (Å²) in [7, 11) is 0. The zero-order valence-electron chi connectivity index (χ0n) is 11.6. The molecule has 16 heavy (non-hydrogen) atoms. The first-order chi connectivity index (χ1) is 7.84. The van der Waals surface area contributed by atoms with E-state index < -0.39 is 0 Å². The van der Waals surface area contributed by atoms with Crippen molar-refractivity contribution in [3.05, 3.63) is 0 Å². The lowest BCUT2D eigenvalue weighted by Crippen LogP contribution is -2.03. The predicted molar refractivity (Wildman–Crippen MR) is 73.7 cm³/mol. The van der Waals surface area contributed by atoms with Crippen molar-refractivity contribution in [2.45, 2.75) is 90.9 Å². The first-order valence-electron chi connectivity index (χ1n) is 7.84. The molecular weight excluding hydrogens is 192 g/mol. The van der Waals surface area contributed by atoms with Gasteiger partial charge in [-0.3, -0.25) is 0 Å². The highest BCUT2D eigenvalue weighted by atomic mass is 14.3. The number of hydrogen-bond donors (Lipinski definition) is 0. The summed E-state index contributed by atoms with van der Waals surface area (Å²) in [4.78, 5) is 0. The van der Waals surface area contributed by atoms with Crippen LogP contribution in [0.15, 0.2) is 0 Å². The molecule has 0 aromatic heterocycles.